The van der Waals surface area contributed by atoms with Gasteiger partial charge in [-0.05, 0) is 23.8 Å². The van der Waals surface area contributed by atoms with Gasteiger partial charge in [-0.15, -0.1) is 0 Å². The van der Waals surface area contributed by atoms with Crippen LogP contribution in [-0.4, -0.2) is 33.2 Å². The minimum atomic E-state index is -2.95. The molecule has 8 nitrogen and oxygen atoms in total. The molecule has 2 aromatic rings. The molecule has 0 saturated heterocycles. The first-order chi connectivity index (χ1) is 14.1. The van der Waals surface area contributed by atoms with Gasteiger partial charge < -0.3 is 34.3 Å². The molecule has 29 heavy (non-hydrogen) atoms. The zero-order chi connectivity index (χ0) is 20.2. The third-order valence-electron chi connectivity index (χ3n) is 4.34. The molecule has 0 atom stereocenters. The van der Waals surface area contributed by atoms with Gasteiger partial charge in [-0.1, -0.05) is 6.07 Å². The number of hydrogen-bond donors (Lipinski definition) is 2. The summed E-state index contributed by atoms with van der Waals surface area (Å²) in [5.41, 5.74) is 1.46. The number of rotatable bonds is 6. The Morgan fingerprint density at radius 1 is 0.966 bits per heavy atom. The van der Waals surface area contributed by atoms with E-state index in [1.165, 1.54) is 6.07 Å². The third-order valence-corrected chi connectivity index (χ3v) is 4.34. The molecule has 0 fully saturated rings. The van der Waals surface area contributed by atoms with Crippen molar-refractivity contribution in [2.75, 3.05) is 20.6 Å². The van der Waals surface area contributed by atoms with Crippen LogP contribution >= 0.6 is 0 Å². The second-order valence-corrected chi connectivity index (χ2v) is 6.16. The summed E-state index contributed by atoms with van der Waals surface area (Å²) in [6, 6.07) is 8.65. The topological polar surface area (TPSA) is 82.6 Å². The highest BCUT2D eigenvalue weighted by molar-refractivity contribution is 5.79. The van der Waals surface area contributed by atoms with Gasteiger partial charge in [0.05, 0.1) is 0 Å². The standard InChI is InChI=1S/C19H19F2N3O5/c1-22-19(23-7-11-2-3-13-15(4-11)26-9-25-13)24-8-12-5-16-17(28-10-27-16)6-14(12)29-18(20)21/h2-6,18H,7-10H2,1H3,(H2,22,23,24). The number of benzene rings is 2. The van der Waals surface area contributed by atoms with Gasteiger partial charge in [0, 0.05) is 31.8 Å². The molecule has 2 aliphatic heterocycles. The lowest BCUT2D eigenvalue weighted by atomic mass is 10.1. The highest BCUT2D eigenvalue weighted by Crippen LogP contribution is 2.38. The first kappa shape index (κ1) is 18.9. The third kappa shape index (κ3) is 4.36. The van der Waals surface area contributed by atoms with Gasteiger partial charge in [-0.3, -0.25) is 4.99 Å². The Morgan fingerprint density at radius 2 is 1.62 bits per heavy atom. The van der Waals surface area contributed by atoms with Crippen molar-refractivity contribution in [3.05, 3.63) is 41.5 Å². The number of nitrogens with one attached hydrogen (secondary N) is 2. The largest absolute Gasteiger partial charge is 0.454 e. The maximum Gasteiger partial charge on any atom is 0.387 e. The van der Waals surface area contributed by atoms with E-state index in [4.69, 9.17) is 18.9 Å². The van der Waals surface area contributed by atoms with Crippen LogP contribution in [0.2, 0.25) is 0 Å². The first-order valence-electron chi connectivity index (χ1n) is 8.83. The van der Waals surface area contributed by atoms with E-state index in [2.05, 4.69) is 20.4 Å². The number of halogens is 2. The maximum atomic E-state index is 12.8. The van der Waals surface area contributed by atoms with Crippen LogP contribution < -0.4 is 34.3 Å². The minimum absolute atomic E-state index is 0.0166. The summed E-state index contributed by atoms with van der Waals surface area (Å²) in [5.74, 6) is 2.76. The van der Waals surface area contributed by atoms with E-state index in [0.29, 0.717) is 41.1 Å². The van der Waals surface area contributed by atoms with Crippen molar-refractivity contribution in [3.8, 4) is 28.7 Å². The molecule has 0 unspecified atom stereocenters. The second-order valence-electron chi connectivity index (χ2n) is 6.16. The zero-order valence-corrected chi connectivity index (χ0v) is 15.5. The highest BCUT2D eigenvalue weighted by Gasteiger charge is 2.20. The molecular formula is C19H19F2N3O5. The molecule has 10 heteroatoms. The smallest absolute Gasteiger partial charge is 0.387 e. The van der Waals surface area contributed by atoms with Crippen molar-refractivity contribution < 1.29 is 32.5 Å². The predicted octanol–water partition coefficient (Wildman–Crippen LogP) is 2.61. The number of alkyl halides is 2. The molecule has 0 aliphatic carbocycles. The van der Waals surface area contributed by atoms with Crippen LogP contribution in [0.4, 0.5) is 8.78 Å². The Labute approximate surface area is 165 Å². The molecule has 0 amide bonds. The number of guanidine groups is 1. The van der Waals surface area contributed by atoms with Crippen LogP contribution in [0.1, 0.15) is 11.1 Å². The van der Waals surface area contributed by atoms with E-state index in [1.54, 1.807) is 13.1 Å². The van der Waals surface area contributed by atoms with Crippen LogP contribution in [0, 0.1) is 0 Å². The van der Waals surface area contributed by atoms with Crippen LogP contribution in [0.5, 0.6) is 28.7 Å². The van der Waals surface area contributed by atoms with E-state index < -0.39 is 6.61 Å². The molecular weight excluding hydrogens is 388 g/mol. The van der Waals surface area contributed by atoms with E-state index in [9.17, 15) is 8.78 Å². The molecule has 0 aromatic heterocycles. The lowest BCUT2D eigenvalue weighted by Gasteiger charge is -2.15. The second kappa shape index (κ2) is 8.29. The van der Waals surface area contributed by atoms with E-state index >= 15 is 0 Å². The van der Waals surface area contributed by atoms with Crippen molar-refractivity contribution in [1.82, 2.24) is 10.6 Å². The molecule has 0 bridgehead atoms. The van der Waals surface area contributed by atoms with Crippen LogP contribution in [-0.2, 0) is 13.1 Å². The number of fused-ring (bicyclic) bond motifs is 2. The van der Waals surface area contributed by atoms with Gasteiger partial charge in [0.25, 0.3) is 0 Å². The zero-order valence-electron chi connectivity index (χ0n) is 15.5. The Kier molecular flexibility index (Phi) is 5.41. The van der Waals surface area contributed by atoms with Crippen molar-refractivity contribution in [3.63, 3.8) is 0 Å². The molecule has 2 aliphatic rings. The summed E-state index contributed by atoms with van der Waals surface area (Å²) < 4.78 is 51.3. The number of nitrogens with zero attached hydrogens (tertiary/aromatic N) is 1. The molecule has 2 heterocycles. The number of ether oxygens (including phenoxy) is 5. The van der Waals surface area contributed by atoms with Crippen molar-refractivity contribution in [2.24, 2.45) is 4.99 Å². The van der Waals surface area contributed by atoms with Gasteiger partial charge in [0.2, 0.25) is 13.6 Å². The lowest BCUT2D eigenvalue weighted by Crippen LogP contribution is -2.36. The summed E-state index contributed by atoms with van der Waals surface area (Å²) in [7, 11) is 1.62. The van der Waals surface area contributed by atoms with E-state index in [1.807, 2.05) is 18.2 Å². The first-order valence-corrected chi connectivity index (χ1v) is 8.83. The van der Waals surface area contributed by atoms with Crippen LogP contribution in [0.25, 0.3) is 0 Å². The highest BCUT2D eigenvalue weighted by atomic mass is 19.3. The van der Waals surface area contributed by atoms with Crippen molar-refractivity contribution in [1.29, 1.82) is 0 Å². The monoisotopic (exact) mass is 407 g/mol. The molecule has 4 rings (SSSR count). The summed E-state index contributed by atoms with van der Waals surface area (Å²) >= 11 is 0. The number of aliphatic imine (C=N–C) groups is 1. The van der Waals surface area contributed by atoms with Gasteiger partial charge in [0.15, 0.2) is 29.0 Å². The molecule has 0 spiro atoms. The summed E-state index contributed by atoms with van der Waals surface area (Å²) in [4.78, 5) is 4.15. The molecule has 2 N–H and O–H groups in total. The Bertz CT molecular complexity index is 923. The van der Waals surface area contributed by atoms with Gasteiger partial charge in [-0.2, -0.15) is 8.78 Å². The summed E-state index contributed by atoms with van der Waals surface area (Å²) in [5, 5.41) is 6.23. The fraction of sp³-hybridized carbons (Fsp3) is 0.316. The maximum absolute atomic E-state index is 12.8. The molecule has 0 saturated carbocycles. The Hall–Kier alpha value is -3.43. The lowest BCUT2D eigenvalue weighted by molar-refractivity contribution is -0.0505. The quantitative estimate of drug-likeness (QED) is 0.563. The predicted molar refractivity (Wildman–Crippen MR) is 98.8 cm³/mol. The normalized spacial score (nSPS) is 14.3. The number of hydrogen-bond acceptors (Lipinski definition) is 6. The van der Waals surface area contributed by atoms with Crippen LogP contribution in [0.15, 0.2) is 35.3 Å². The van der Waals surface area contributed by atoms with Crippen molar-refractivity contribution >= 4 is 5.96 Å². The fourth-order valence-corrected chi connectivity index (χ4v) is 2.95. The van der Waals surface area contributed by atoms with Crippen molar-refractivity contribution in [2.45, 2.75) is 19.7 Å². The average Bonchev–Trinajstić information content (AvgIpc) is 3.35. The Morgan fingerprint density at radius 3 is 2.34 bits per heavy atom. The fourth-order valence-electron chi connectivity index (χ4n) is 2.95. The van der Waals surface area contributed by atoms with E-state index in [0.717, 1.165) is 5.56 Å². The summed E-state index contributed by atoms with van der Waals surface area (Å²) in [6.07, 6.45) is 0. The average molecular weight is 407 g/mol. The molecule has 0 radical (unpaired) electrons. The van der Waals surface area contributed by atoms with Gasteiger partial charge in [0.1, 0.15) is 5.75 Å². The minimum Gasteiger partial charge on any atom is -0.454 e. The van der Waals surface area contributed by atoms with Crippen LogP contribution in [0.3, 0.4) is 0 Å². The SMILES string of the molecule is CN=C(NCc1ccc2c(c1)OCO2)NCc1cc2c(cc1OC(F)F)OCO2. The van der Waals surface area contributed by atoms with E-state index in [-0.39, 0.29) is 25.9 Å². The van der Waals surface area contributed by atoms with Gasteiger partial charge >= 0.3 is 6.61 Å². The molecule has 154 valence electrons. The summed E-state index contributed by atoms with van der Waals surface area (Å²) in [6.45, 7) is -2.01. The molecule has 2 aromatic carbocycles. The van der Waals surface area contributed by atoms with Gasteiger partial charge in [-0.25, -0.2) is 0 Å². The Balaban J connectivity index is 1.39.